The second-order valence-corrected chi connectivity index (χ2v) is 4.89. The van der Waals surface area contributed by atoms with Crippen LogP contribution in [-0.4, -0.2) is 29.0 Å². The van der Waals surface area contributed by atoms with Crippen molar-refractivity contribution in [2.24, 2.45) is 0 Å². The molecule has 1 amide bonds. The van der Waals surface area contributed by atoms with Crippen LogP contribution >= 0.6 is 15.9 Å². The van der Waals surface area contributed by atoms with E-state index in [1.165, 1.54) is 6.33 Å². The molecule has 0 bridgehead atoms. The fourth-order valence-electron chi connectivity index (χ4n) is 1.57. The van der Waals surface area contributed by atoms with E-state index in [1.807, 2.05) is 25.1 Å². The third-order valence-electron chi connectivity index (χ3n) is 2.47. The van der Waals surface area contributed by atoms with Crippen molar-refractivity contribution in [3.05, 3.63) is 29.0 Å². The molecule has 0 fully saturated rings. The molecular weight excluding hydrogens is 310 g/mol. The lowest BCUT2D eigenvalue weighted by atomic mass is 10.2. The van der Waals surface area contributed by atoms with Crippen molar-refractivity contribution in [3.8, 4) is 5.88 Å². The zero-order valence-corrected chi connectivity index (χ0v) is 12.1. The van der Waals surface area contributed by atoms with Crippen molar-refractivity contribution < 1.29 is 9.53 Å². The van der Waals surface area contributed by atoms with Gasteiger partial charge in [0.2, 0.25) is 5.88 Å². The SMILES string of the molecule is CCCNC(=O)COc1ncnc2ccc(Br)cc12. The number of ether oxygens (including phenoxy) is 1. The molecule has 0 radical (unpaired) electrons. The summed E-state index contributed by atoms with van der Waals surface area (Å²) < 4.78 is 6.36. The van der Waals surface area contributed by atoms with Gasteiger partial charge in [-0.05, 0) is 24.6 Å². The molecule has 2 aromatic rings. The Kier molecular flexibility index (Phi) is 4.68. The summed E-state index contributed by atoms with van der Waals surface area (Å²) in [5, 5.41) is 3.52. The maximum atomic E-state index is 11.5. The Hall–Kier alpha value is -1.69. The summed E-state index contributed by atoms with van der Waals surface area (Å²) in [5.41, 5.74) is 0.780. The first kappa shape index (κ1) is 13.7. The van der Waals surface area contributed by atoms with Gasteiger partial charge in [0.25, 0.3) is 5.91 Å². The molecule has 2 rings (SSSR count). The maximum absolute atomic E-state index is 11.5. The highest BCUT2D eigenvalue weighted by molar-refractivity contribution is 9.10. The van der Waals surface area contributed by atoms with E-state index >= 15 is 0 Å². The van der Waals surface area contributed by atoms with Crippen LogP contribution in [-0.2, 0) is 4.79 Å². The smallest absolute Gasteiger partial charge is 0.258 e. The Labute approximate surface area is 119 Å². The lowest BCUT2D eigenvalue weighted by Crippen LogP contribution is -2.29. The molecule has 1 N–H and O–H groups in total. The van der Waals surface area contributed by atoms with E-state index in [0.29, 0.717) is 12.4 Å². The van der Waals surface area contributed by atoms with Crippen molar-refractivity contribution in [1.82, 2.24) is 15.3 Å². The average molecular weight is 324 g/mol. The number of aromatic nitrogens is 2. The van der Waals surface area contributed by atoms with Crippen LogP contribution in [0.4, 0.5) is 0 Å². The molecule has 1 aromatic heterocycles. The van der Waals surface area contributed by atoms with Crippen molar-refractivity contribution in [2.45, 2.75) is 13.3 Å². The van der Waals surface area contributed by atoms with Crippen LogP contribution in [0.2, 0.25) is 0 Å². The van der Waals surface area contributed by atoms with E-state index < -0.39 is 0 Å². The summed E-state index contributed by atoms with van der Waals surface area (Å²) in [5.74, 6) is 0.265. The van der Waals surface area contributed by atoms with Gasteiger partial charge in [0.1, 0.15) is 6.33 Å². The van der Waals surface area contributed by atoms with E-state index in [-0.39, 0.29) is 12.5 Å². The fraction of sp³-hybridized carbons (Fsp3) is 0.308. The predicted octanol–water partition coefficient (Wildman–Crippen LogP) is 2.30. The monoisotopic (exact) mass is 323 g/mol. The molecule has 0 saturated heterocycles. The van der Waals surface area contributed by atoms with E-state index in [0.717, 1.165) is 21.8 Å². The van der Waals surface area contributed by atoms with Crippen LogP contribution in [0.1, 0.15) is 13.3 Å². The molecular formula is C13H14BrN3O2. The first-order valence-electron chi connectivity index (χ1n) is 6.00. The molecule has 1 aromatic carbocycles. The lowest BCUT2D eigenvalue weighted by Gasteiger charge is -2.08. The summed E-state index contributed by atoms with van der Waals surface area (Å²) >= 11 is 3.39. The number of fused-ring (bicyclic) bond motifs is 1. The number of benzene rings is 1. The number of carbonyl (C=O) groups is 1. The quantitative estimate of drug-likeness (QED) is 0.917. The summed E-state index contributed by atoms with van der Waals surface area (Å²) in [4.78, 5) is 19.7. The van der Waals surface area contributed by atoms with Gasteiger partial charge in [-0.2, -0.15) is 0 Å². The van der Waals surface area contributed by atoms with Gasteiger partial charge in [0, 0.05) is 11.0 Å². The normalized spacial score (nSPS) is 10.4. The minimum absolute atomic E-state index is 0.0430. The predicted molar refractivity (Wildman–Crippen MR) is 76.0 cm³/mol. The largest absolute Gasteiger partial charge is 0.467 e. The molecule has 0 unspecified atom stereocenters. The number of halogens is 1. The number of amides is 1. The Morgan fingerprint density at radius 3 is 3.05 bits per heavy atom. The zero-order valence-electron chi connectivity index (χ0n) is 10.5. The summed E-state index contributed by atoms with van der Waals surface area (Å²) in [6.07, 6.45) is 2.32. The van der Waals surface area contributed by atoms with E-state index in [4.69, 9.17) is 4.74 Å². The average Bonchev–Trinajstić information content (AvgIpc) is 2.42. The molecule has 1 heterocycles. The Morgan fingerprint density at radius 1 is 1.42 bits per heavy atom. The van der Waals surface area contributed by atoms with Gasteiger partial charge in [-0.25, -0.2) is 9.97 Å². The van der Waals surface area contributed by atoms with Crippen LogP contribution in [0.5, 0.6) is 5.88 Å². The molecule has 19 heavy (non-hydrogen) atoms. The standard InChI is InChI=1S/C13H14BrN3O2/c1-2-5-15-12(18)7-19-13-10-6-9(14)3-4-11(10)16-8-17-13/h3-4,6,8H,2,5,7H2,1H3,(H,15,18). The van der Waals surface area contributed by atoms with Crippen molar-refractivity contribution >= 4 is 32.7 Å². The number of hydrogen-bond acceptors (Lipinski definition) is 4. The maximum Gasteiger partial charge on any atom is 0.258 e. The first-order valence-corrected chi connectivity index (χ1v) is 6.79. The van der Waals surface area contributed by atoms with Crippen LogP contribution in [0, 0.1) is 0 Å². The van der Waals surface area contributed by atoms with Gasteiger partial charge in [-0.1, -0.05) is 22.9 Å². The van der Waals surface area contributed by atoms with Crippen molar-refractivity contribution in [2.75, 3.05) is 13.2 Å². The van der Waals surface area contributed by atoms with Gasteiger partial charge in [0.05, 0.1) is 10.9 Å². The minimum Gasteiger partial charge on any atom is -0.467 e. The van der Waals surface area contributed by atoms with Gasteiger partial charge in [-0.3, -0.25) is 4.79 Å². The van der Waals surface area contributed by atoms with E-state index in [2.05, 4.69) is 31.2 Å². The number of rotatable bonds is 5. The molecule has 0 aliphatic heterocycles. The Bertz CT molecular complexity index is 589. The van der Waals surface area contributed by atoms with Gasteiger partial charge >= 0.3 is 0 Å². The number of hydrogen-bond donors (Lipinski definition) is 1. The molecule has 6 heteroatoms. The van der Waals surface area contributed by atoms with Crippen LogP contribution in [0.25, 0.3) is 10.9 Å². The molecule has 5 nitrogen and oxygen atoms in total. The van der Waals surface area contributed by atoms with Crippen LogP contribution < -0.4 is 10.1 Å². The Balaban J connectivity index is 2.12. The molecule has 0 aliphatic carbocycles. The summed E-state index contributed by atoms with van der Waals surface area (Å²) in [7, 11) is 0. The van der Waals surface area contributed by atoms with Gasteiger partial charge in [0.15, 0.2) is 6.61 Å². The fourth-order valence-corrected chi connectivity index (χ4v) is 1.93. The van der Waals surface area contributed by atoms with E-state index in [9.17, 15) is 4.79 Å². The molecule has 0 spiro atoms. The molecule has 0 aliphatic rings. The van der Waals surface area contributed by atoms with E-state index in [1.54, 1.807) is 0 Å². The van der Waals surface area contributed by atoms with Gasteiger partial charge in [-0.15, -0.1) is 0 Å². The third kappa shape index (κ3) is 3.64. The van der Waals surface area contributed by atoms with Crippen LogP contribution in [0.3, 0.4) is 0 Å². The summed E-state index contributed by atoms with van der Waals surface area (Å²) in [6.45, 7) is 2.60. The number of nitrogens with zero attached hydrogens (tertiary/aromatic N) is 2. The minimum atomic E-state index is -0.149. The topological polar surface area (TPSA) is 64.1 Å². The van der Waals surface area contributed by atoms with Gasteiger partial charge < -0.3 is 10.1 Å². The number of nitrogens with one attached hydrogen (secondary N) is 1. The van der Waals surface area contributed by atoms with Crippen molar-refractivity contribution in [3.63, 3.8) is 0 Å². The zero-order chi connectivity index (χ0) is 13.7. The number of carbonyl (C=O) groups excluding carboxylic acids is 1. The molecule has 0 atom stereocenters. The third-order valence-corrected chi connectivity index (χ3v) is 2.97. The second kappa shape index (κ2) is 6.47. The van der Waals surface area contributed by atoms with Crippen LogP contribution in [0.15, 0.2) is 29.0 Å². The summed E-state index contributed by atoms with van der Waals surface area (Å²) in [6, 6.07) is 5.63. The lowest BCUT2D eigenvalue weighted by molar-refractivity contribution is -0.123. The highest BCUT2D eigenvalue weighted by atomic mass is 79.9. The molecule has 0 saturated carbocycles. The highest BCUT2D eigenvalue weighted by Crippen LogP contribution is 2.24. The first-order chi connectivity index (χ1) is 9.20. The molecule has 100 valence electrons. The van der Waals surface area contributed by atoms with Crippen molar-refractivity contribution in [1.29, 1.82) is 0 Å². The second-order valence-electron chi connectivity index (χ2n) is 3.98. The highest BCUT2D eigenvalue weighted by Gasteiger charge is 2.07. The Morgan fingerprint density at radius 2 is 2.26 bits per heavy atom.